The molecule has 0 spiro atoms. The van der Waals surface area contributed by atoms with Crippen molar-refractivity contribution in [2.24, 2.45) is 5.73 Å². The van der Waals surface area contributed by atoms with Crippen molar-refractivity contribution in [1.29, 1.82) is 0 Å². The molecule has 1 aliphatic heterocycles. The molecule has 0 bridgehead atoms. The Morgan fingerprint density at radius 3 is 1.36 bits per heavy atom. The second kappa shape index (κ2) is 14.8. The third-order valence-electron chi connectivity index (χ3n) is 9.46. The SMILES string of the molecule is CC(N)c1cc2ncccc2nc1-c1ccccc1S(C)(=O)=O.CC(c1cc2ncccc2nc1-c1ccccc1S(C)(=O)=O)N1C(=O)c2ccccc2C1=O. The molecule has 0 fully saturated rings. The second-order valence-corrected chi connectivity index (χ2v) is 17.4. The minimum absolute atomic E-state index is 0.122. The zero-order chi connectivity index (χ0) is 39.9. The molecule has 1 aliphatic rings. The molecule has 0 radical (unpaired) electrons. The topological polar surface area (TPSA) is 183 Å². The normalized spacial score (nSPS) is 14.0. The van der Waals surface area contributed by atoms with Crippen molar-refractivity contribution < 1.29 is 26.4 Å². The first-order valence-corrected chi connectivity index (χ1v) is 21.3. The number of amides is 2. The van der Waals surface area contributed by atoms with Crippen molar-refractivity contribution in [3.63, 3.8) is 0 Å². The first-order chi connectivity index (χ1) is 26.6. The molecule has 282 valence electrons. The van der Waals surface area contributed by atoms with Crippen LogP contribution in [0, 0.1) is 0 Å². The predicted molar refractivity (Wildman–Crippen MR) is 214 cm³/mol. The van der Waals surface area contributed by atoms with Crippen molar-refractivity contribution >= 4 is 53.6 Å². The van der Waals surface area contributed by atoms with Crippen LogP contribution >= 0.6 is 0 Å². The van der Waals surface area contributed by atoms with E-state index in [0.29, 0.717) is 55.8 Å². The molecular weight excluding hydrogens is 749 g/mol. The molecular formula is C42H36N6O6S2. The molecule has 56 heavy (non-hydrogen) atoms. The van der Waals surface area contributed by atoms with Crippen LogP contribution in [0.4, 0.5) is 0 Å². The Hall–Kier alpha value is -6.22. The quantitative estimate of drug-likeness (QED) is 0.168. The summed E-state index contributed by atoms with van der Waals surface area (Å²) in [7, 11) is -6.94. The number of hydrogen-bond donors (Lipinski definition) is 1. The van der Waals surface area contributed by atoms with E-state index in [9.17, 15) is 26.4 Å². The fraction of sp³-hybridized carbons (Fsp3) is 0.143. The summed E-state index contributed by atoms with van der Waals surface area (Å²) < 4.78 is 49.2. The van der Waals surface area contributed by atoms with E-state index in [1.165, 1.54) is 17.2 Å². The maximum absolute atomic E-state index is 13.1. The third kappa shape index (κ3) is 7.17. The minimum Gasteiger partial charge on any atom is -0.324 e. The molecule has 4 aromatic heterocycles. The molecule has 14 heteroatoms. The van der Waals surface area contributed by atoms with Crippen LogP contribution in [0.25, 0.3) is 44.6 Å². The zero-order valence-electron chi connectivity index (χ0n) is 30.8. The number of pyridine rings is 4. The molecule has 7 aromatic rings. The largest absolute Gasteiger partial charge is 0.324 e. The van der Waals surface area contributed by atoms with Gasteiger partial charge in [0.2, 0.25) is 0 Å². The summed E-state index contributed by atoms with van der Waals surface area (Å²) in [5.74, 6) is -0.793. The monoisotopic (exact) mass is 784 g/mol. The molecule has 12 nitrogen and oxygen atoms in total. The summed E-state index contributed by atoms with van der Waals surface area (Å²) in [6.07, 6.45) is 5.66. The van der Waals surface area contributed by atoms with E-state index >= 15 is 0 Å². The first kappa shape index (κ1) is 38.1. The molecule has 0 saturated heterocycles. The molecule has 0 saturated carbocycles. The minimum atomic E-state index is -3.56. The van der Waals surface area contributed by atoms with Crippen molar-refractivity contribution in [2.75, 3.05) is 12.5 Å². The molecule has 0 aliphatic carbocycles. The van der Waals surface area contributed by atoms with Gasteiger partial charge in [-0.25, -0.2) is 26.8 Å². The lowest BCUT2D eigenvalue weighted by molar-refractivity contribution is 0.0595. The Morgan fingerprint density at radius 2 is 0.929 bits per heavy atom. The molecule has 8 rings (SSSR count). The van der Waals surface area contributed by atoms with Gasteiger partial charge in [0, 0.05) is 47.6 Å². The van der Waals surface area contributed by atoms with Gasteiger partial charge in [-0.05, 0) is 80.1 Å². The van der Waals surface area contributed by atoms with Gasteiger partial charge >= 0.3 is 0 Å². The van der Waals surface area contributed by atoms with E-state index in [0.717, 1.165) is 17.3 Å². The number of nitrogens with zero attached hydrogens (tertiary/aromatic N) is 5. The summed E-state index contributed by atoms with van der Waals surface area (Å²) >= 11 is 0. The molecule has 2 atom stereocenters. The standard InChI is InChI=1S/C25H19N3O4S.C17H17N3O2S/c1-15(28-24(29)16-8-3-4-9-17(16)25(28)30)19-14-21-20(11-7-13-26-21)27-23(19)18-10-5-6-12-22(18)33(2,31)32;1-11(18)13-10-15-14(7-5-9-19-15)20-17(13)12-6-3-4-8-16(12)23(2,21)22/h3-15H,1-2H3;3-11H,18H2,1-2H3. The number of fused-ring (bicyclic) bond motifs is 3. The van der Waals surface area contributed by atoms with Crippen LogP contribution in [0.3, 0.4) is 0 Å². The van der Waals surface area contributed by atoms with Gasteiger partial charge in [-0.2, -0.15) is 0 Å². The van der Waals surface area contributed by atoms with Crippen LogP contribution in [0.5, 0.6) is 0 Å². The number of aromatic nitrogens is 4. The van der Waals surface area contributed by atoms with Crippen molar-refractivity contribution in [3.05, 3.63) is 144 Å². The van der Waals surface area contributed by atoms with Crippen molar-refractivity contribution in [2.45, 2.75) is 35.7 Å². The smallest absolute Gasteiger partial charge is 0.262 e. The van der Waals surface area contributed by atoms with E-state index in [2.05, 4.69) is 15.0 Å². The Morgan fingerprint density at radius 1 is 0.536 bits per heavy atom. The molecule has 5 heterocycles. The Kier molecular flexibility index (Phi) is 10.1. The number of sulfone groups is 2. The highest BCUT2D eigenvalue weighted by Crippen LogP contribution is 2.38. The summed E-state index contributed by atoms with van der Waals surface area (Å²) in [4.78, 5) is 45.9. The van der Waals surface area contributed by atoms with Crippen molar-refractivity contribution in [3.8, 4) is 22.5 Å². The van der Waals surface area contributed by atoms with Gasteiger partial charge < -0.3 is 5.73 Å². The molecule has 2 unspecified atom stereocenters. The summed E-state index contributed by atoms with van der Waals surface area (Å²) in [5, 5.41) is 0. The summed E-state index contributed by atoms with van der Waals surface area (Å²) in [6.45, 7) is 3.58. The maximum atomic E-state index is 13.1. The second-order valence-electron chi connectivity index (χ2n) is 13.5. The Balaban J connectivity index is 0.000000183. The molecule has 3 aromatic carbocycles. The molecule has 2 amide bonds. The van der Waals surface area contributed by atoms with Gasteiger partial charge in [0.25, 0.3) is 11.8 Å². The van der Waals surface area contributed by atoms with Gasteiger partial charge in [0.15, 0.2) is 19.7 Å². The van der Waals surface area contributed by atoms with E-state index < -0.39 is 37.5 Å². The van der Waals surface area contributed by atoms with E-state index in [1.807, 2.05) is 19.1 Å². The van der Waals surface area contributed by atoms with Crippen LogP contribution in [0.2, 0.25) is 0 Å². The lowest BCUT2D eigenvalue weighted by Crippen LogP contribution is -2.33. The van der Waals surface area contributed by atoms with Crippen LogP contribution in [0.15, 0.2) is 131 Å². The lowest BCUT2D eigenvalue weighted by Gasteiger charge is -2.25. The zero-order valence-corrected chi connectivity index (χ0v) is 32.4. The summed E-state index contributed by atoms with van der Waals surface area (Å²) in [6, 6.07) is 29.9. The Bertz CT molecular complexity index is 2900. The van der Waals surface area contributed by atoms with Gasteiger partial charge in [-0.15, -0.1) is 0 Å². The van der Waals surface area contributed by atoms with Gasteiger partial charge in [-0.3, -0.25) is 24.5 Å². The van der Waals surface area contributed by atoms with Gasteiger partial charge in [0.05, 0.1) is 60.4 Å². The average molecular weight is 785 g/mol. The number of hydrogen-bond acceptors (Lipinski definition) is 11. The van der Waals surface area contributed by atoms with E-state index in [4.69, 9.17) is 10.7 Å². The number of nitrogens with two attached hydrogens (primary N) is 1. The highest BCUT2D eigenvalue weighted by molar-refractivity contribution is 7.91. The number of imide groups is 1. The van der Waals surface area contributed by atoms with Crippen LogP contribution in [-0.4, -0.2) is 66.0 Å². The number of rotatable bonds is 7. The summed E-state index contributed by atoms with van der Waals surface area (Å²) in [5.41, 5.74) is 12.6. The third-order valence-corrected chi connectivity index (χ3v) is 11.8. The average Bonchev–Trinajstić information content (AvgIpc) is 3.44. The van der Waals surface area contributed by atoms with Gasteiger partial charge in [-0.1, -0.05) is 48.5 Å². The lowest BCUT2D eigenvalue weighted by atomic mass is 9.98. The van der Waals surface area contributed by atoms with E-state index in [1.54, 1.807) is 110 Å². The molecule has 2 N–H and O–H groups in total. The number of carbonyl (C=O) groups is 2. The highest BCUT2D eigenvalue weighted by atomic mass is 32.2. The Labute approximate surface area is 323 Å². The number of carbonyl (C=O) groups excluding carboxylic acids is 2. The fourth-order valence-electron chi connectivity index (χ4n) is 6.80. The van der Waals surface area contributed by atoms with Crippen LogP contribution < -0.4 is 5.73 Å². The number of benzene rings is 3. The van der Waals surface area contributed by atoms with Gasteiger partial charge in [0.1, 0.15) is 0 Å². The van der Waals surface area contributed by atoms with Crippen LogP contribution in [-0.2, 0) is 19.7 Å². The first-order valence-electron chi connectivity index (χ1n) is 17.5. The fourth-order valence-corrected chi connectivity index (χ4v) is 8.58. The van der Waals surface area contributed by atoms with Crippen molar-refractivity contribution in [1.82, 2.24) is 24.8 Å². The predicted octanol–water partition coefficient (Wildman–Crippen LogP) is 6.78. The van der Waals surface area contributed by atoms with E-state index in [-0.39, 0.29) is 15.8 Å². The van der Waals surface area contributed by atoms with Crippen LogP contribution in [0.1, 0.15) is 57.8 Å². The maximum Gasteiger partial charge on any atom is 0.262 e. The highest BCUT2D eigenvalue weighted by Gasteiger charge is 2.40.